The van der Waals surface area contributed by atoms with E-state index in [4.69, 9.17) is 0 Å². The summed E-state index contributed by atoms with van der Waals surface area (Å²) in [5.41, 5.74) is 40.6. The maximum absolute atomic E-state index is 2.46. The van der Waals surface area contributed by atoms with Crippen molar-refractivity contribution < 1.29 is 0 Å². The van der Waals surface area contributed by atoms with Crippen LogP contribution in [0.25, 0.3) is 79.9 Å². The van der Waals surface area contributed by atoms with E-state index in [1.807, 2.05) is 0 Å². The van der Waals surface area contributed by atoms with Gasteiger partial charge in [0.25, 0.3) is 0 Å². The minimum absolute atomic E-state index is 0.0981. The molecule has 2 nitrogen and oxygen atoms in total. The van der Waals surface area contributed by atoms with Gasteiger partial charge in [-0.3, -0.25) is 0 Å². The minimum atomic E-state index is -0.208. The number of anilines is 6. The normalized spacial score (nSPS) is 15.9. The van der Waals surface area contributed by atoms with Gasteiger partial charge in [0.2, 0.25) is 0 Å². The molecule has 0 bridgehead atoms. The first kappa shape index (κ1) is 58.5. The van der Waals surface area contributed by atoms with Gasteiger partial charge in [0.05, 0.1) is 0 Å². The van der Waals surface area contributed by atoms with Crippen LogP contribution >= 0.6 is 0 Å². The first-order valence-corrected chi connectivity index (χ1v) is 34.1. The molecule has 12 aromatic carbocycles. The van der Waals surface area contributed by atoms with Gasteiger partial charge in [0, 0.05) is 61.2 Å². The van der Waals surface area contributed by atoms with E-state index in [0.29, 0.717) is 0 Å². The Balaban J connectivity index is 0.612. The summed E-state index contributed by atoms with van der Waals surface area (Å²) in [5, 5.41) is 0. The van der Waals surface area contributed by atoms with Crippen molar-refractivity contribution in [1.82, 2.24) is 0 Å². The van der Waals surface area contributed by atoms with E-state index in [1.54, 1.807) is 0 Å². The molecule has 12 aromatic rings. The largest absolute Gasteiger partial charge is 0.310 e. The fourth-order valence-corrected chi connectivity index (χ4v) is 17.4. The second-order valence-electron chi connectivity index (χ2n) is 30.4. The molecule has 5 aliphatic rings. The van der Waals surface area contributed by atoms with Gasteiger partial charge in [-0.25, -0.2) is 0 Å². The van der Waals surface area contributed by atoms with E-state index in [1.165, 1.54) is 167 Å². The van der Waals surface area contributed by atoms with E-state index in [9.17, 15) is 0 Å². The van der Waals surface area contributed by atoms with E-state index in [2.05, 4.69) is 360 Å². The van der Waals surface area contributed by atoms with E-state index in [0.717, 1.165) is 11.4 Å². The maximum Gasteiger partial charge on any atom is 0.0465 e. The highest BCUT2D eigenvalue weighted by Gasteiger charge is 2.41. The Labute approximate surface area is 562 Å². The molecule has 2 heteroatoms. The molecule has 0 atom stereocenters. The van der Waals surface area contributed by atoms with Crippen molar-refractivity contribution in [2.24, 2.45) is 0 Å². The molecule has 462 valence electrons. The van der Waals surface area contributed by atoms with Crippen molar-refractivity contribution in [1.29, 1.82) is 0 Å². The highest BCUT2D eigenvalue weighted by Crippen LogP contribution is 2.57. The molecule has 95 heavy (non-hydrogen) atoms. The van der Waals surface area contributed by atoms with Gasteiger partial charge in [-0.1, -0.05) is 263 Å². The zero-order valence-corrected chi connectivity index (χ0v) is 56.8. The van der Waals surface area contributed by atoms with Gasteiger partial charge in [-0.15, -0.1) is 0 Å². The van der Waals surface area contributed by atoms with Crippen molar-refractivity contribution in [3.8, 4) is 55.6 Å². The van der Waals surface area contributed by atoms with E-state index < -0.39 is 0 Å². The Kier molecular flexibility index (Phi) is 12.9. The Morgan fingerprint density at radius 2 is 0.421 bits per heavy atom. The number of fused-ring (bicyclic) bond motifs is 15. The van der Waals surface area contributed by atoms with Crippen LogP contribution in [0.2, 0.25) is 0 Å². The van der Waals surface area contributed by atoms with Crippen molar-refractivity contribution in [3.63, 3.8) is 0 Å². The van der Waals surface area contributed by atoms with Gasteiger partial charge < -0.3 is 9.80 Å². The summed E-state index contributed by atoms with van der Waals surface area (Å²) >= 11 is 0. The Bertz CT molecular complexity index is 4990. The topological polar surface area (TPSA) is 6.48 Å². The lowest BCUT2D eigenvalue weighted by atomic mass is 9.81. The molecule has 5 aliphatic carbocycles. The quantitative estimate of drug-likeness (QED) is 0.126. The van der Waals surface area contributed by atoms with Crippen molar-refractivity contribution >= 4 is 58.4 Å². The Morgan fingerprint density at radius 1 is 0.200 bits per heavy atom. The molecule has 0 saturated heterocycles. The van der Waals surface area contributed by atoms with Crippen LogP contribution in [0.15, 0.2) is 243 Å². The van der Waals surface area contributed by atoms with Gasteiger partial charge in [0.1, 0.15) is 0 Å². The third kappa shape index (κ3) is 8.97. The van der Waals surface area contributed by atoms with Crippen LogP contribution < -0.4 is 9.80 Å². The number of nitrogens with zero attached hydrogens (tertiary/aromatic N) is 2. The lowest BCUT2D eigenvalue weighted by molar-refractivity contribution is 0.659. The summed E-state index contributed by atoms with van der Waals surface area (Å²) < 4.78 is 0. The summed E-state index contributed by atoms with van der Waals surface area (Å²) in [6.45, 7) is 28.3. The molecular weight excluding hydrogens is 1150 g/mol. The molecule has 0 unspecified atom stereocenters. The number of hydrogen-bond acceptors (Lipinski definition) is 2. The zero-order chi connectivity index (χ0) is 65.2. The fourth-order valence-electron chi connectivity index (χ4n) is 17.4. The summed E-state index contributed by atoms with van der Waals surface area (Å²) in [5.74, 6) is 0. The SMILES string of the molecule is Cc1cccc(N(c2ccc3c(c2)C(C)(C)c2ccccc2-3)c2ccc3c(c2)C(C)(C)c2cc(C=Cc4ccc5c(c4)C(C)(C)c4cc(C=Cc6ccc7c(c6)C(C)(C)c6cc(N(c8cccc(C)c8)c8ccc9c(c8)C(C)(C)c8ccccc8-9)ccc6-7)ccc4-5)ccc2-3)c1. The lowest BCUT2D eigenvalue weighted by Crippen LogP contribution is -2.18. The standard InChI is InChI=1S/C93H80N2/c1-57-19-17-21-63(47-57)94(65-35-43-75-69-23-13-15-25-79(69)89(3,4)85(75)53-65)67-37-45-77-73-41-33-61(51-83(73)92(9,10)87(77)55-67)29-27-59-31-39-71-72-40-32-60(50-82(72)91(7,8)81(71)49-59)28-30-62-34-42-74-78-46-38-68(56-88(78)93(11,12)84(74)52-62)95(64-22-18-20-58(2)48-64)66-36-44-76-70-24-14-16-26-80(70)90(5,6)86(76)54-66/h13-56H,1-12H3. The second-order valence-corrected chi connectivity index (χ2v) is 30.4. The molecule has 0 aliphatic heterocycles. The van der Waals surface area contributed by atoms with Crippen LogP contribution in [0.1, 0.15) is 158 Å². The van der Waals surface area contributed by atoms with Crippen LogP contribution in [-0.2, 0) is 27.1 Å². The lowest BCUT2D eigenvalue weighted by Gasteiger charge is -2.30. The molecule has 17 rings (SSSR count). The third-order valence-corrected chi connectivity index (χ3v) is 22.7. The predicted octanol–water partition coefficient (Wildman–Crippen LogP) is 25.1. The summed E-state index contributed by atoms with van der Waals surface area (Å²) in [7, 11) is 0. The molecule has 0 heterocycles. The van der Waals surface area contributed by atoms with Crippen LogP contribution in [0.4, 0.5) is 34.1 Å². The average Bonchev–Trinajstić information content (AvgIpc) is 1.60. The van der Waals surface area contributed by atoms with Crippen molar-refractivity contribution in [2.75, 3.05) is 9.80 Å². The first-order valence-electron chi connectivity index (χ1n) is 34.1. The first-order chi connectivity index (χ1) is 45.6. The minimum Gasteiger partial charge on any atom is -0.310 e. The zero-order valence-electron chi connectivity index (χ0n) is 56.8. The highest BCUT2D eigenvalue weighted by molar-refractivity contribution is 5.93. The van der Waals surface area contributed by atoms with Gasteiger partial charge in [-0.2, -0.15) is 0 Å². The smallest absolute Gasteiger partial charge is 0.0465 e. The Morgan fingerprint density at radius 3 is 0.695 bits per heavy atom. The van der Waals surface area contributed by atoms with Crippen LogP contribution in [0, 0.1) is 13.8 Å². The monoisotopic (exact) mass is 1220 g/mol. The summed E-state index contributed by atoms with van der Waals surface area (Å²) in [6.07, 6.45) is 9.24. The van der Waals surface area contributed by atoms with E-state index in [-0.39, 0.29) is 27.1 Å². The molecule has 0 amide bonds. The van der Waals surface area contributed by atoms with Crippen LogP contribution in [-0.4, -0.2) is 0 Å². The van der Waals surface area contributed by atoms with E-state index >= 15 is 0 Å². The predicted molar refractivity (Wildman–Crippen MR) is 404 cm³/mol. The number of aryl methyl sites for hydroxylation is 2. The number of benzene rings is 12. The van der Waals surface area contributed by atoms with Gasteiger partial charge >= 0.3 is 0 Å². The van der Waals surface area contributed by atoms with Crippen LogP contribution in [0.3, 0.4) is 0 Å². The van der Waals surface area contributed by atoms with Gasteiger partial charge in [-0.05, 0) is 231 Å². The van der Waals surface area contributed by atoms with Crippen LogP contribution in [0.5, 0.6) is 0 Å². The molecule has 0 fully saturated rings. The summed E-state index contributed by atoms with van der Waals surface area (Å²) in [6, 6.07) is 92.6. The highest BCUT2D eigenvalue weighted by atomic mass is 15.1. The summed E-state index contributed by atoms with van der Waals surface area (Å²) in [4.78, 5) is 4.93. The average molecular weight is 1230 g/mol. The number of rotatable bonds is 10. The molecule has 0 saturated carbocycles. The van der Waals surface area contributed by atoms with Crippen molar-refractivity contribution in [3.05, 3.63) is 332 Å². The fraction of sp³-hybridized carbons (Fsp3) is 0.183. The molecular formula is C93H80N2. The van der Waals surface area contributed by atoms with Crippen molar-refractivity contribution in [2.45, 2.75) is 110 Å². The molecule has 0 spiro atoms. The van der Waals surface area contributed by atoms with Gasteiger partial charge in [0.15, 0.2) is 0 Å². The molecule has 0 aromatic heterocycles. The number of hydrogen-bond donors (Lipinski definition) is 0. The Hall–Kier alpha value is -10.3. The molecule has 0 radical (unpaired) electrons. The maximum atomic E-state index is 2.46. The third-order valence-electron chi connectivity index (χ3n) is 22.7. The second kappa shape index (κ2) is 20.9. The molecule has 0 N–H and O–H groups in total.